The fraction of sp³-hybridized carbons (Fsp3) is 0.333. The molecule has 1 N–H and O–H groups in total. The molecule has 0 saturated heterocycles. The second kappa shape index (κ2) is 9.99. The fourth-order valence-corrected chi connectivity index (χ4v) is 2.71. The van der Waals surface area contributed by atoms with Gasteiger partial charge in [-0.15, -0.1) is 0 Å². The molecule has 0 aliphatic rings. The summed E-state index contributed by atoms with van der Waals surface area (Å²) in [6.07, 6.45) is -0.110. The minimum Gasteiger partial charge on any atom is -0.493 e. The number of hydrogen-bond donors (Lipinski definition) is 1. The number of methoxy groups -OCH3 is 1. The molecule has 0 radical (unpaired) electrons. The third-order valence-corrected chi connectivity index (χ3v) is 4.17. The van der Waals surface area contributed by atoms with Crippen molar-refractivity contribution in [2.24, 2.45) is 0 Å². The number of ether oxygens (including phenoxy) is 3. The normalized spacial score (nSPS) is 10.5. The molecule has 0 fully saturated rings. The Morgan fingerprint density at radius 3 is 2.54 bits per heavy atom. The van der Waals surface area contributed by atoms with Crippen molar-refractivity contribution >= 4 is 23.5 Å². The topological polar surface area (TPSA) is 73.9 Å². The Hall–Kier alpha value is -2.73. The Labute approximate surface area is 169 Å². The van der Waals surface area contributed by atoms with Gasteiger partial charge in [-0.1, -0.05) is 35.9 Å². The molecule has 0 saturated carbocycles. The van der Waals surface area contributed by atoms with Crippen molar-refractivity contribution in [1.29, 1.82) is 0 Å². The van der Waals surface area contributed by atoms with Gasteiger partial charge in [0.05, 0.1) is 23.8 Å². The average molecular weight is 406 g/mol. The lowest BCUT2D eigenvalue weighted by Gasteiger charge is -2.16. The van der Waals surface area contributed by atoms with Gasteiger partial charge in [0.25, 0.3) is 5.91 Å². The molecule has 6 nitrogen and oxygen atoms in total. The van der Waals surface area contributed by atoms with Crippen LogP contribution in [-0.2, 0) is 16.1 Å². The predicted octanol–water partition coefficient (Wildman–Crippen LogP) is 3.92. The van der Waals surface area contributed by atoms with E-state index < -0.39 is 18.5 Å². The summed E-state index contributed by atoms with van der Waals surface area (Å²) in [7, 11) is 1.45. The smallest absolute Gasteiger partial charge is 0.338 e. The molecule has 2 rings (SSSR count). The van der Waals surface area contributed by atoms with Crippen LogP contribution in [0, 0.1) is 6.92 Å². The van der Waals surface area contributed by atoms with Crippen LogP contribution in [0.15, 0.2) is 36.4 Å². The van der Waals surface area contributed by atoms with Gasteiger partial charge in [-0.3, -0.25) is 4.79 Å². The summed E-state index contributed by atoms with van der Waals surface area (Å²) >= 11 is 6.20. The first-order valence-corrected chi connectivity index (χ1v) is 9.22. The molecule has 0 spiro atoms. The van der Waals surface area contributed by atoms with Gasteiger partial charge < -0.3 is 19.5 Å². The maximum Gasteiger partial charge on any atom is 0.338 e. The number of esters is 1. The Bertz CT molecular complexity index is 851. The highest BCUT2D eigenvalue weighted by molar-refractivity contribution is 6.32. The molecule has 0 aromatic heterocycles. The molecular formula is C21H24ClNO5. The number of rotatable bonds is 8. The molecule has 2 aromatic rings. The van der Waals surface area contributed by atoms with E-state index in [0.29, 0.717) is 18.0 Å². The Morgan fingerprint density at radius 1 is 1.18 bits per heavy atom. The van der Waals surface area contributed by atoms with Crippen LogP contribution in [0.4, 0.5) is 0 Å². The zero-order chi connectivity index (χ0) is 20.7. The average Bonchev–Trinajstić information content (AvgIpc) is 2.66. The van der Waals surface area contributed by atoms with Gasteiger partial charge in [-0.05, 0) is 44.0 Å². The van der Waals surface area contributed by atoms with E-state index >= 15 is 0 Å². The van der Waals surface area contributed by atoms with Crippen molar-refractivity contribution in [2.45, 2.75) is 33.4 Å². The summed E-state index contributed by atoms with van der Waals surface area (Å²) < 4.78 is 15.9. The van der Waals surface area contributed by atoms with Gasteiger partial charge in [0.1, 0.15) is 0 Å². The van der Waals surface area contributed by atoms with Gasteiger partial charge >= 0.3 is 5.97 Å². The summed E-state index contributed by atoms with van der Waals surface area (Å²) in [6, 6.07) is 10.6. The second-order valence-electron chi connectivity index (χ2n) is 6.44. The van der Waals surface area contributed by atoms with Crippen molar-refractivity contribution < 1.29 is 23.8 Å². The van der Waals surface area contributed by atoms with Gasteiger partial charge in [0.15, 0.2) is 18.1 Å². The van der Waals surface area contributed by atoms with E-state index in [2.05, 4.69) is 5.32 Å². The van der Waals surface area contributed by atoms with E-state index in [0.717, 1.165) is 11.1 Å². The molecule has 7 heteroatoms. The predicted molar refractivity (Wildman–Crippen MR) is 107 cm³/mol. The molecule has 28 heavy (non-hydrogen) atoms. The third-order valence-electron chi connectivity index (χ3n) is 3.89. The molecule has 0 unspecified atom stereocenters. The van der Waals surface area contributed by atoms with Gasteiger partial charge in [-0.25, -0.2) is 4.79 Å². The molecule has 150 valence electrons. The van der Waals surface area contributed by atoms with E-state index in [-0.39, 0.29) is 16.7 Å². The number of carbonyl (C=O) groups is 2. The number of nitrogens with one attached hydrogen (secondary N) is 1. The van der Waals surface area contributed by atoms with Crippen LogP contribution >= 0.6 is 11.6 Å². The highest BCUT2D eigenvalue weighted by Gasteiger charge is 2.18. The highest BCUT2D eigenvalue weighted by Crippen LogP contribution is 2.37. The number of aryl methyl sites for hydroxylation is 1. The fourth-order valence-electron chi connectivity index (χ4n) is 2.46. The number of halogens is 1. The van der Waals surface area contributed by atoms with E-state index in [1.807, 2.05) is 45.0 Å². The zero-order valence-corrected chi connectivity index (χ0v) is 17.1. The first-order chi connectivity index (χ1) is 13.3. The molecule has 2 aromatic carbocycles. The molecule has 0 heterocycles. The van der Waals surface area contributed by atoms with Crippen LogP contribution in [0.3, 0.4) is 0 Å². The minimum atomic E-state index is -0.678. The molecular weight excluding hydrogens is 382 g/mol. The third kappa shape index (κ3) is 5.89. The van der Waals surface area contributed by atoms with Crippen LogP contribution in [0.25, 0.3) is 0 Å². The summed E-state index contributed by atoms with van der Waals surface area (Å²) in [6.45, 7) is 5.64. The van der Waals surface area contributed by atoms with Crippen molar-refractivity contribution in [1.82, 2.24) is 5.32 Å². The van der Waals surface area contributed by atoms with Crippen LogP contribution in [0.2, 0.25) is 5.02 Å². The summed E-state index contributed by atoms with van der Waals surface area (Å²) in [5.74, 6) is -0.402. The maximum absolute atomic E-state index is 12.3. The molecule has 0 aliphatic carbocycles. The summed E-state index contributed by atoms with van der Waals surface area (Å²) in [5.41, 5.74) is 2.24. The SMILES string of the molecule is COc1cc(C(=O)OCC(=O)NCc2ccccc2C)cc(Cl)c1OC(C)C. The highest BCUT2D eigenvalue weighted by atomic mass is 35.5. The number of carbonyl (C=O) groups excluding carboxylic acids is 2. The van der Waals surface area contributed by atoms with E-state index in [4.69, 9.17) is 25.8 Å². The van der Waals surface area contributed by atoms with Crippen molar-refractivity contribution in [3.8, 4) is 11.5 Å². The van der Waals surface area contributed by atoms with Crippen LogP contribution in [0.1, 0.15) is 35.3 Å². The van der Waals surface area contributed by atoms with Gasteiger partial charge in [-0.2, -0.15) is 0 Å². The number of benzene rings is 2. The van der Waals surface area contributed by atoms with E-state index in [9.17, 15) is 9.59 Å². The Kier molecular flexibility index (Phi) is 7.70. The summed E-state index contributed by atoms with van der Waals surface area (Å²) in [4.78, 5) is 24.2. The first kappa shape index (κ1) is 21.6. The van der Waals surface area contributed by atoms with Gasteiger partial charge in [0.2, 0.25) is 0 Å². The number of hydrogen-bond acceptors (Lipinski definition) is 5. The molecule has 1 amide bonds. The Morgan fingerprint density at radius 2 is 1.89 bits per heavy atom. The largest absolute Gasteiger partial charge is 0.493 e. The van der Waals surface area contributed by atoms with Crippen LogP contribution < -0.4 is 14.8 Å². The number of amides is 1. The lowest BCUT2D eigenvalue weighted by atomic mass is 10.1. The molecule has 0 aliphatic heterocycles. The lowest BCUT2D eigenvalue weighted by molar-refractivity contribution is -0.124. The van der Waals surface area contributed by atoms with E-state index in [1.54, 1.807) is 0 Å². The lowest BCUT2D eigenvalue weighted by Crippen LogP contribution is -2.28. The maximum atomic E-state index is 12.3. The monoisotopic (exact) mass is 405 g/mol. The van der Waals surface area contributed by atoms with Crippen LogP contribution in [-0.4, -0.2) is 31.7 Å². The summed E-state index contributed by atoms with van der Waals surface area (Å²) in [5, 5.41) is 2.95. The van der Waals surface area contributed by atoms with Crippen molar-refractivity contribution in [3.05, 3.63) is 58.1 Å². The quantitative estimate of drug-likeness (QED) is 0.674. The second-order valence-corrected chi connectivity index (χ2v) is 6.84. The van der Waals surface area contributed by atoms with E-state index in [1.165, 1.54) is 19.2 Å². The first-order valence-electron chi connectivity index (χ1n) is 8.84. The standard InChI is InChI=1S/C21H24ClNO5/c1-13(2)28-20-17(22)9-16(10-18(20)26-4)21(25)27-12-19(24)23-11-15-8-6-5-7-14(15)3/h5-10,13H,11-12H2,1-4H3,(H,23,24). The minimum absolute atomic E-state index is 0.110. The van der Waals surface area contributed by atoms with Crippen molar-refractivity contribution in [2.75, 3.05) is 13.7 Å². The van der Waals surface area contributed by atoms with Crippen molar-refractivity contribution in [3.63, 3.8) is 0 Å². The van der Waals surface area contributed by atoms with Gasteiger partial charge in [0, 0.05) is 6.54 Å². The molecule has 0 bridgehead atoms. The zero-order valence-electron chi connectivity index (χ0n) is 16.4. The molecule has 0 atom stereocenters. The van der Waals surface area contributed by atoms with Crippen LogP contribution in [0.5, 0.6) is 11.5 Å². The Balaban J connectivity index is 1.96.